The normalized spacial score (nSPS) is 20.7. The molecule has 0 unspecified atom stereocenters. The van der Waals surface area contributed by atoms with Gasteiger partial charge in [-0.25, -0.2) is 9.71 Å². The molecule has 1 aliphatic heterocycles. The van der Waals surface area contributed by atoms with E-state index >= 15 is 0 Å². The number of hydrogen-bond acceptors (Lipinski definition) is 1. The lowest BCUT2D eigenvalue weighted by molar-refractivity contribution is 0.00198. The number of nitrogens with zero attached hydrogens (tertiary/aromatic N) is 1. The van der Waals surface area contributed by atoms with Crippen LogP contribution in [-0.4, -0.2) is 18.2 Å². The molecule has 1 radical (unpaired) electrons. The van der Waals surface area contributed by atoms with Gasteiger partial charge >= 0.3 is 0 Å². The van der Waals surface area contributed by atoms with Gasteiger partial charge in [0, 0.05) is 18.7 Å². The highest BCUT2D eigenvalue weighted by Crippen LogP contribution is 2.32. The average Bonchev–Trinajstić information content (AvgIpc) is 2.19. The van der Waals surface area contributed by atoms with Gasteiger partial charge in [-0.3, -0.25) is 0 Å². The Morgan fingerprint density at radius 1 is 1.21 bits per heavy atom. The lowest BCUT2D eigenvalue weighted by Gasteiger charge is -2.32. The molecule has 14 heavy (non-hydrogen) atoms. The lowest BCUT2D eigenvalue weighted by atomic mass is 9.85. The van der Waals surface area contributed by atoms with Crippen molar-refractivity contribution < 1.29 is 9.50 Å². The number of aliphatic hydroxyl groups is 1. The maximum absolute atomic E-state index is 13.4. The van der Waals surface area contributed by atoms with Crippen molar-refractivity contribution in [2.75, 3.05) is 13.1 Å². The average molecular weight is 194 g/mol. The van der Waals surface area contributed by atoms with Gasteiger partial charge in [-0.05, 0) is 18.9 Å². The first-order chi connectivity index (χ1) is 6.72. The topological polar surface area (TPSA) is 34.3 Å². The maximum atomic E-state index is 13.4. The van der Waals surface area contributed by atoms with Gasteiger partial charge in [-0.15, -0.1) is 0 Å². The second kappa shape index (κ2) is 3.67. The third-order valence-electron chi connectivity index (χ3n) is 2.74. The van der Waals surface area contributed by atoms with Gasteiger partial charge in [-0.1, -0.05) is 18.2 Å². The first kappa shape index (κ1) is 9.62. The van der Waals surface area contributed by atoms with Crippen LogP contribution in [0.15, 0.2) is 24.3 Å². The summed E-state index contributed by atoms with van der Waals surface area (Å²) < 4.78 is 13.4. The summed E-state index contributed by atoms with van der Waals surface area (Å²) in [6, 6.07) is 6.43. The van der Waals surface area contributed by atoms with Crippen LogP contribution < -0.4 is 5.32 Å². The number of rotatable bonds is 1. The third-order valence-corrected chi connectivity index (χ3v) is 2.74. The highest BCUT2D eigenvalue weighted by Gasteiger charge is 2.33. The molecule has 0 spiro atoms. The molecule has 3 heteroatoms. The molecule has 1 heterocycles. The fourth-order valence-electron chi connectivity index (χ4n) is 1.87. The summed E-state index contributed by atoms with van der Waals surface area (Å²) in [6.07, 6.45) is 1.04. The summed E-state index contributed by atoms with van der Waals surface area (Å²) >= 11 is 0. The fourth-order valence-corrected chi connectivity index (χ4v) is 1.87. The molecule has 0 saturated carbocycles. The molecule has 0 aliphatic carbocycles. The van der Waals surface area contributed by atoms with E-state index in [-0.39, 0.29) is 5.82 Å². The zero-order valence-corrected chi connectivity index (χ0v) is 7.91. The molecule has 1 aromatic rings. The molecule has 1 N–H and O–H groups in total. The van der Waals surface area contributed by atoms with Crippen LogP contribution in [0.3, 0.4) is 0 Å². The van der Waals surface area contributed by atoms with E-state index in [9.17, 15) is 9.50 Å². The van der Waals surface area contributed by atoms with Crippen molar-refractivity contribution >= 4 is 0 Å². The molecular weight excluding hydrogens is 181 g/mol. The van der Waals surface area contributed by atoms with E-state index in [4.69, 9.17) is 0 Å². The number of hydrogen-bond donors (Lipinski definition) is 1. The first-order valence-corrected chi connectivity index (χ1v) is 4.83. The Balaban J connectivity index is 2.32. The van der Waals surface area contributed by atoms with Crippen LogP contribution in [0.25, 0.3) is 0 Å². The number of benzene rings is 1. The number of piperidine rings is 1. The van der Waals surface area contributed by atoms with Crippen molar-refractivity contribution in [2.45, 2.75) is 18.4 Å². The van der Waals surface area contributed by atoms with E-state index in [2.05, 4.69) is 5.32 Å². The molecule has 2 rings (SSSR count). The second-order valence-electron chi connectivity index (χ2n) is 3.68. The predicted molar refractivity (Wildman–Crippen MR) is 51.4 cm³/mol. The molecule has 0 amide bonds. The van der Waals surface area contributed by atoms with Gasteiger partial charge in [0.15, 0.2) is 0 Å². The molecule has 0 bridgehead atoms. The van der Waals surface area contributed by atoms with Crippen LogP contribution in [0.5, 0.6) is 0 Å². The Morgan fingerprint density at radius 3 is 2.50 bits per heavy atom. The van der Waals surface area contributed by atoms with E-state index in [1.807, 2.05) is 0 Å². The van der Waals surface area contributed by atoms with Gasteiger partial charge in [0.1, 0.15) is 5.82 Å². The van der Waals surface area contributed by atoms with Gasteiger partial charge in [0.25, 0.3) is 0 Å². The van der Waals surface area contributed by atoms with Gasteiger partial charge in [0.2, 0.25) is 0 Å². The van der Waals surface area contributed by atoms with Crippen molar-refractivity contribution in [1.82, 2.24) is 5.32 Å². The minimum absolute atomic E-state index is 0.322. The predicted octanol–water partition coefficient (Wildman–Crippen LogP) is 1.41. The quantitative estimate of drug-likeness (QED) is 0.720. The Kier molecular flexibility index (Phi) is 2.52. The summed E-state index contributed by atoms with van der Waals surface area (Å²) in [7, 11) is 0. The van der Waals surface area contributed by atoms with E-state index in [1.54, 1.807) is 18.2 Å². The standard InChI is InChI=1S/C11H13FNO/c12-10-4-2-1-3-9(10)11(14)5-7-13-8-6-11/h1-4,14H,5-8H2. The molecule has 1 aliphatic rings. The monoisotopic (exact) mass is 194 g/mol. The smallest absolute Gasteiger partial charge is 0.129 e. The molecule has 75 valence electrons. The summed E-state index contributed by atoms with van der Waals surface area (Å²) in [5, 5.41) is 14.4. The minimum Gasteiger partial charge on any atom is -0.385 e. The Labute approximate surface area is 82.8 Å². The SMILES string of the molecule is OC1(c2ccccc2F)CC[N]CC1. The van der Waals surface area contributed by atoms with Crippen molar-refractivity contribution in [3.05, 3.63) is 35.6 Å². The Bertz CT molecular complexity index is 321. The van der Waals surface area contributed by atoms with Gasteiger partial charge in [0.05, 0.1) is 5.60 Å². The van der Waals surface area contributed by atoms with Crippen LogP contribution in [0.4, 0.5) is 4.39 Å². The van der Waals surface area contributed by atoms with Crippen LogP contribution in [0, 0.1) is 5.82 Å². The highest BCUT2D eigenvalue weighted by atomic mass is 19.1. The zero-order valence-electron chi connectivity index (χ0n) is 7.91. The Hall–Kier alpha value is -0.930. The second-order valence-corrected chi connectivity index (χ2v) is 3.68. The van der Waals surface area contributed by atoms with Crippen LogP contribution in [0.1, 0.15) is 18.4 Å². The van der Waals surface area contributed by atoms with Crippen molar-refractivity contribution in [1.29, 1.82) is 0 Å². The fraction of sp³-hybridized carbons (Fsp3) is 0.455. The molecule has 1 aromatic carbocycles. The summed E-state index contributed by atoms with van der Waals surface area (Å²) in [4.78, 5) is 0. The summed E-state index contributed by atoms with van der Waals surface area (Å²) in [6.45, 7) is 1.23. The zero-order chi connectivity index (χ0) is 10.0. The van der Waals surface area contributed by atoms with Crippen LogP contribution in [-0.2, 0) is 5.60 Å². The summed E-state index contributed by atoms with van der Waals surface area (Å²) in [5.74, 6) is -0.322. The lowest BCUT2D eigenvalue weighted by Crippen LogP contribution is -2.37. The Morgan fingerprint density at radius 2 is 1.86 bits per heavy atom. The van der Waals surface area contributed by atoms with Gasteiger partial charge in [-0.2, -0.15) is 0 Å². The first-order valence-electron chi connectivity index (χ1n) is 4.83. The van der Waals surface area contributed by atoms with Gasteiger partial charge < -0.3 is 5.11 Å². The van der Waals surface area contributed by atoms with Crippen molar-refractivity contribution in [2.24, 2.45) is 0 Å². The largest absolute Gasteiger partial charge is 0.385 e. The van der Waals surface area contributed by atoms with E-state index < -0.39 is 5.60 Å². The molecule has 0 atom stereocenters. The molecular formula is C11H13FNO. The van der Waals surface area contributed by atoms with E-state index in [0.717, 1.165) is 0 Å². The molecule has 0 aromatic heterocycles. The molecule has 1 saturated heterocycles. The molecule has 2 nitrogen and oxygen atoms in total. The molecule has 1 fully saturated rings. The number of halogens is 1. The maximum Gasteiger partial charge on any atom is 0.129 e. The minimum atomic E-state index is -1.01. The van der Waals surface area contributed by atoms with Crippen LogP contribution >= 0.6 is 0 Å². The van der Waals surface area contributed by atoms with Crippen molar-refractivity contribution in [3.63, 3.8) is 0 Å². The van der Waals surface area contributed by atoms with E-state index in [0.29, 0.717) is 31.5 Å². The van der Waals surface area contributed by atoms with Crippen LogP contribution in [0.2, 0.25) is 0 Å². The third kappa shape index (κ3) is 1.65. The van der Waals surface area contributed by atoms with E-state index in [1.165, 1.54) is 6.07 Å². The van der Waals surface area contributed by atoms with Crippen molar-refractivity contribution in [3.8, 4) is 0 Å². The summed E-state index contributed by atoms with van der Waals surface area (Å²) in [5.41, 5.74) is -0.595. The highest BCUT2D eigenvalue weighted by molar-refractivity contribution is 5.24.